The highest BCUT2D eigenvalue weighted by molar-refractivity contribution is 7.19. The van der Waals surface area contributed by atoms with E-state index in [-0.39, 0.29) is 0 Å². The Morgan fingerprint density at radius 3 is 2.60 bits per heavy atom. The summed E-state index contributed by atoms with van der Waals surface area (Å²) in [4.78, 5) is 0.741. The molecule has 4 rings (SSSR count). The minimum Gasteiger partial charge on any atom is -0.496 e. The Labute approximate surface area is 148 Å². The average molecular weight is 352 g/mol. The van der Waals surface area contributed by atoms with Gasteiger partial charge in [-0.15, -0.1) is 10.2 Å². The molecule has 2 aromatic carbocycles. The zero-order valence-corrected chi connectivity index (χ0v) is 14.7. The first-order chi connectivity index (χ1) is 12.3. The third-order valence-electron chi connectivity index (χ3n) is 3.75. The third kappa shape index (κ3) is 2.83. The van der Waals surface area contributed by atoms with Gasteiger partial charge in [0.1, 0.15) is 16.5 Å². The lowest BCUT2D eigenvalue weighted by Gasteiger charge is -2.05. The van der Waals surface area contributed by atoms with Crippen LogP contribution in [0.1, 0.15) is 6.92 Å². The Hall–Kier alpha value is -2.93. The van der Waals surface area contributed by atoms with Gasteiger partial charge in [0, 0.05) is 5.56 Å². The molecule has 4 aromatic rings. The molecule has 0 fully saturated rings. The second-order valence-electron chi connectivity index (χ2n) is 5.28. The largest absolute Gasteiger partial charge is 0.496 e. The van der Waals surface area contributed by atoms with Crippen LogP contribution in [0, 0.1) is 0 Å². The number of hydrogen-bond donors (Lipinski definition) is 0. The predicted octanol–water partition coefficient (Wildman–Crippen LogP) is 3.93. The van der Waals surface area contributed by atoms with Gasteiger partial charge in [0.05, 0.1) is 19.3 Å². The topological polar surface area (TPSA) is 61.5 Å². The number of aromatic nitrogens is 4. The molecule has 0 saturated carbocycles. The van der Waals surface area contributed by atoms with Gasteiger partial charge in [0.2, 0.25) is 4.96 Å². The molecule has 7 heteroatoms. The van der Waals surface area contributed by atoms with E-state index in [1.54, 1.807) is 11.6 Å². The minimum absolute atomic E-state index is 0.651. The fraction of sp³-hybridized carbons (Fsp3) is 0.167. The van der Waals surface area contributed by atoms with Crippen LogP contribution in [0.15, 0.2) is 48.5 Å². The zero-order chi connectivity index (χ0) is 17.2. The standard InChI is InChI=1S/C18H16N4O2S/c1-3-24-13-10-8-12(9-11-13)17-21-22-16(19-20-18(22)25-17)14-6-4-5-7-15(14)23-2/h4-11H,3H2,1-2H3. The lowest BCUT2D eigenvalue weighted by Crippen LogP contribution is -1.94. The molecule has 0 N–H and O–H groups in total. The highest BCUT2D eigenvalue weighted by Crippen LogP contribution is 2.32. The maximum Gasteiger partial charge on any atom is 0.235 e. The van der Waals surface area contributed by atoms with Gasteiger partial charge < -0.3 is 9.47 Å². The normalized spacial score (nSPS) is 11.0. The number of benzene rings is 2. The summed E-state index contributed by atoms with van der Waals surface area (Å²) in [5.74, 6) is 2.26. The first-order valence-corrected chi connectivity index (χ1v) is 8.70. The van der Waals surface area contributed by atoms with Crippen molar-refractivity contribution in [3.8, 4) is 33.5 Å². The maximum absolute atomic E-state index is 5.48. The van der Waals surface area contributed by atoms with Gasteiger partial charge in [-0.05, 0) is 43.3 Å². The molecule has 2 heterocycles. The molecule has 0 unspecified atom stereocenters. The van der Waals surface area contributed by atoms with Gasteiger partial charge in [-0.25, -0.2) is 0 Å². The van der Waals surface area contributed by atoms with E-state index < -0.39 is 0 Å². The van der Waals surface area contributed by atoms with Crippen molar-refractivity contribution in [3.05, 3.63) is 48.5 Å². The molecule has 126 valence electrons. The summed E-state index contributed by atoms with van der Waals surface area (Å²) in [7, 11) is 1.64. The molecule has 6 nitrogen and oxygen atoms in total. The second kappa shape index (κ2) is 6.52. The van der Waals surface area contributed by atoms with Crippen LogP contribution in [0.3, 0.4) is 0 Å². The summed E-state index contributed by atoms with van der Waals surface area (Å²) in [5.41, 5.74) is 1.88. The van der Waals surface area contributed by atoms with Crippen LogP contribution in [0.2, 0.25) is 0 Å². The van der Waals surface area contributed by atoms with Crippen molar-refractivity contribution in [1.82, 2.24) is 19.8 Å². The summed E-state index contributed by atoms with van der Waals surface area (Å²) >= 11 is 1.50. The van der Waals surface area contributed by atoms with E-state index in [1.807, 2.05) is 55.5 Å². The van der Waals surface area contributed by atoms with Crippen molar-refractivity contribution in [1.29, 1.82) is 0 Å². The summed E-state index contributed by atoms with van der Waals surface area (Å²) < 4.78 is 12.7. The van der Waals surface area contributed by atoms with Crippen LogP contribution in [-0.4, -0.2) is 33.5 Å². The first kappa shape index (κ1) is 15.6. The van der Waals surface area contributed by atoms with Crippen molar-refractivity contribution >= 4 is 16.3 Å². The molecule has 0 aliphatic heterocycles. The van der Waals surface area contributed by atoms with Crippen LogP contribution in [0.4, 0.5) is 0 Å². The van der Waals surface area contributed by atoms with Gasteiger partial charge in [0.15, 0.2) is 5.82 Å². The van der Waals surface area contributed by atoms with Crippen molar-refractivity contribution in [3.63, 3.8) is 0 Å². The van der Waals surface area contributed by atoms with E-state index in [4.69, 9.17) is 9.47 Å². The number of nitrogens with zero attached hydrogens (tertiary/aromatic N) is 4. The van der Waals surface area contributed by atoms with Crippen molar-refractivity contribution in [2.45, 2.75) is 6.92 Å². The number of para-hydroxylation sites is 1. The van der Waals surface area contributed by atoms with Gasteiger partial charge in [-0.2, -0.15) is 9.61 Å². The van der Waals surface area contributed by atoms with Crippen LogP contribution >= 0.6 is 11.3 Å². The Morgan fingerprint density at radius 1 is 1.04 bits per heavy atom. The Kier molecular flexibility index (Phi) is 4.07. The second-order valence-corrected chi connectivity index (χ2v) is 6.24. The average Bonchev–Trinajstić information content (AvgIpc) is 3.23. The highest BCUT2D eigenvalue weighted by Gasteiger charge is 2.17. The Bertz CT molecular complexity index is 1010. The third-order valence-corrected chi connectivity index (χ3v) is 4.70. The highest BCUT2D eigenvalue weighted by atomic mass is 32.1. The molecule has 0 aliphatic rings. The molecule has 0 aliphatic carbocycles. The smallest absolute Gasteiger partial charge is 0.235 e. The summed E-state index contributed by atoms with van der Waals surface area (Å²) in [5, 5.41) is 14.1. The molecule has 25 heavy (non-hydrogen) atoms. The predicted molar refractivity (Wildman–Crippen MR) is 97.3 cm³/mol. The lowest BCUT2D eigenvalue weighted by atomic mass is 10.2. The van der Waals surface area contributed by atoms with Crippen molar-refractivity contribution in [2.75, 3.05) is 13.7 Å². The number of rotatable bonds is 5. The fourth-order valence-electron chi connectivity index (χ4n) is 2.59. The SMILES string of the molecule is CCOc1ccc(-c2nn3c(-c4ccccc4OC)nnc3s2)cc1. The molecule has 0 bridgehead atoms. The fourth-order valence-corrected chi connectivity index (χ4v) is 3.44. The minimum atomic E-state index is 0.651. The number of fused-ring (bicyclic) bond motifs is 1. The molecule has 0 radical (unpaired) electrons. The molecule has 0 amide bonds. The summed E-state index contributed by atoms with van der Waals surface area (Å²) in [6.07, 6.45) is 0. The van der Waals surface area contributed by atoms with E-state index in [9.17, 15) is 0 Å². The molecular formula is C18H16N4O2S. The summed E-state index contributed by atoms with van der Waals surface area (Å²) in [6, 6.07) is 15.6. The molecular weight excluding hydrogens is 336 g/mol. The monoisotopic (exact) mass is 352 g/mol. The zero-order valence-electron chi connectivity index (χ0n) is 13.8. The van der Waals surface area contributed by atoms with Gasteiger partial charge in [-0.1, -0.05) is 23.5 Å². The molecule has 0 saturated heterocycles. The van der Waals surface area contributed by atoms with E-state index in [1.165, 1.54) is 11.3 Å². The lowest BCUT2D eigenvalue weighted by molar-refractivity contribution is 0.340. The maximum atomic E-state index is 5.48. The van der Waals surface area contributed by atoms with Gasteiger partial charge in [0.25, 0.3) is 0 Å². The van der Waals surface area contributed by atoms with E-state index >= 15 is 0 Å². The first-order valence-electron chi connectivity index (χ1n) is 7.89. The number of methoxy groups -OCH3 is 1. The van der Waals surface area contributed by atoms with Crippen LogP contribution < -0.4 is 9.47 Å². The van der Waals surface area contributed by atoms with Crippen LogP contribution in [0.25, 0.3) is 26.9 Å². The van der Waals surface area contributed by atoms with Crippen molar-refractivity contribution < 1.29 is 9.47 Å². The van der Waals surface area contributed by atoms with Gasteiger partial charge in [-0.3, -0.25) is 0 Å². The number of ether oxygens (including phenoxy) is 2. The Morgan fingerprint density at radius 2 is 1.84 bits per heavy atom. The quantitative estimate of drug-likeness (QED) is 0.545. The van der Waals surface area contributed by atoms with E-state index in [0.29, 0.717) is 12.4 Å². The molecule has 0 atom stereocenters. The summed E-state index contributed by atoms with van der Waals surface area (Å²) in [6.45, 7) is 2.62. The molecule has 0 spiro atoms. The van der Waals surface area contributed by atoms with E-state index in [0.717, 1.165) is 32.6 Å². The van der Waals surface area contributed by atoms with Crippen molar-refractivity contribution in [2.24, 2.45) is 0 Å². The molecule has 2 aromatic heterocycles. The van der Waals surface area contributed by atoms with Crippen LogP contribution in [0.5, 0.6) is 11.5 Å². The Balaban J connectivity index is 1.75. The van der Waals surface area contributed by atoms with Crippen LogP contribution in [-0.2, 0) is 0 Å². The van der Waals surface area contributed by atoms with Gasteiger partial charge >= 0.3 is 0 Å². The number of hydrogen-bond acceptors (Lipinski definition) is 6. The van der Waals surface area contributed by atoms with E-state index in [2.05, 4.69) is 15.3 Å².